The lowest BCUT2D eigenvalue weighted by Crippen LogP contribution is -2.28. The van der Waals surface area contributed by atoms with Crippen LogP contribution in [-0.2, 0) is 5.41 Å². The first-order valence-electron chi connectivity index (χ1n) is 27.0. The van der Waals surface area contributed by atoms with E-state index in [0.717, 1.165) is 69.0 Å². The predicted octanol–water partition coefficient (Wildman–Crippen LogP) is 20.0. The highest BCUT2D eigenvalue weighted by Gasteiger charge is 2.53. The number of nitrogens with zero attached hydrogens (tertiary/aromatic N) is 4. The van der Waals surface area contributed by atoms with Gasteiger partial charge in [0.15, 0.2) is 0 Å². The Morgan fingerprint density at radius 1 is 0.397 bits per heavy atom. The van der Waals surface area contributed by atoms with Gasteiger partial charge in [0.1, 0.15) is 0 Å². The zero-order valence-electron chi connectivity index (χ0n) is 43.7. The lowest BCUT2D eigenvalue weighted by Gasteiger charge is -2.36. The van der Waals surface area contributed by atoms with Gasteiger partial charge in [-0.1, -0.05) is 172 Å². The standard InChI is InChI=1S/C74H58N4/c1-4-26-54(5-2)75(55-28-12-6-13-29-55)61-41-45-65-68-48-44-64(78(60-38-22-11-23-39-60)73-40-25-24-27-53(73)3)52-72(68)74(69(65)49-61)70-50-62(76(56-30-14-7-15-31-56)57-32-16-8-17-33-57)42-46-66(70)67-47-43-63(51-71(67)74)77(58-34-18-9-19-35-58)59-36-20-10-21-37-59/h4-26,28-53H,1-2,27H2,3H3. The van der Waals surface area contributed by atoms with E-state index in [1.165, 1.54) is 50.2 Å². The quantitative estimate of drug-likeness (QED) is 0.101. The minimum atomic E-state index is -0.834. The largest absolute Gasteiger partial charge is 0.314 e. The van der Waals surface area contributed by atoms with E-state index >= 15 is 0 Å². The summed E-state index contributed by atoms with van der Waals surface area (Å²) >= 11 is 0. The number of hydrogen-bond donors (Lipinski definition) is 0. The molecule has 0 amide bonds. The molecule has 0 bridgehead atoms. The van der Waals surface area contributed by atoms with Crippen LogP contribution in [0.3, 0.4) is 0 Å². The normalized spacial score (nSPS) is 14.3. The number of fused-ring (bicyclic) bond motifs is 10. The smallest absolute Gasteiger partial charge is 0.0728 e. The molecule has 374 valence electrons. The maximum absolute atomic E-state index is 4.35. The molecule has 1 spiro atoms. The lowest BCUT2D eigenvalue weighted by molar-refractivity contribution is 0.670. The number of allylic oxidation sites excluding steroid dienone is 7. The van der Waals surface area contributed by atoms with Crippen LogP contribution in [0.5, 0.6) is 0 Å². The number of benzene rings is 10. The Morgan fingerprint density at radius 3 is 1.09 bits per heavy atom. The molecule has 0 N–H and O–H groups in total. The zero-order valence-corrected chi connectivity index (χ0v) is 43.7. The van der Waals surface area contributed by atoms with Crippen LogP contribution in [0.4, 0.5) is 56.9 Å². The number of anilines is 10. The molecule has 10 aromatic rings. The molecule has 3 aliphatic rings. The molecule has 10 aromatic carbocycles. The van der Waals surface area contributed by atoms with E-state index in [9.17, 15) is 0 Å². The fourth-order valence-corrected chi connectivity index (χ4v) is 12.4. The molecule has 4 heteroatoms. The minimum absolute atomic E-state index is 0.297. The van der Waals surface area contributed by atoms with Crippen LogP contribution in [0.1, 0.15) is 35.6 Å². The molecule has 0 heterocycles. The highest BCUT2D eigenvalue weighted by atomic mass is 15.2. The number of para-hydroxylation sites is 6. The van der Waals surface area contributed by atoms with Gasteiger partial charge in [-0.15, -0.1) is 0 Å². The Kier molecular flexibility index (Phi) is 12.5. The molecule has 4 nitrogen and oxygen atoms in total. The van der Waals surface area contributed by atoms with Crippen molar-refractivity contribution in [1.82, 2.24) is 0 Å². The molecular formula is C74H58N4. The van der Waals surface area contributed by atoms with Gasteiger partial charge in [-0.2, -0.15) is 0 Å². The molecular weight excluding hydrogens is 945 g/mol. The topological polar surface area (TPSA) is 13.0 Å². The Balaban J connectivity index is 1.15. The van der Waals surface area contributed by atoms with Crippen LogP contribution >= 0.6 is 0 Å². The van der Waals surface area contributed by atoms with Crippen molar-refractivity contribution in [3.8, 4) is 22.3 Å². The summed E-state index contributed by atoms with van der Waals surface area (Å²) in [6, 6.07) is 93.3. The summed E-state index contributed by atoms with van der Waals surface area (Å²) in [4.78, 5) is 9.59. The van der Waals surface area contributed by atoms with Crippen molar-refractivity contribution >= 4 is 56.9 Å². The van der Waals surface area contributed by atoms with Gasteiger partial charge in [-0.25, -0.2) is 0 Å². The molecule has 0 saturated carbocycles. The van der Waals surface area contributed by atoms with Gasteiger partial charge in [-0.3, -0.25) is 0 Å². The van der Waals surface area contributed by atoms with E-state index in [4.69, 9.17) is 0 Å². The Bertz CT molecular complexity index is 3730. The van der Waals surface area contributed by atoms with Crippen LogP contribution in [-0.4, -0.2) is 0 Å². The van der Waals surface area contributed by atoms with E-state index in [-0.39, 0.29) is 0 Å². The fraction of sp³-hybridized carbons (Fsp3) is 0.0541. The number of rotatable bonds is 14. The van der Waals surface area contributed by atoms with E-state index in [2.05, 4.69) is 313 Å². The minimum Gasteiger partial charge on any atom is -0.314 e. The third-order valence-corrected chi connectivity index (χ3v) is 15.7. The van der Waals surface area contributed by atoms with Gasteiger partial charge in [0, 0.05) is 74.2 Å². The van der Waals surface area contributed by atoms with Gasteiger partial charge in [-0.05, 0) is 190 Å². The molecule has 0 aromatic heterocycles. The lowest BCUT2D eigenvalue weighted by atomic mass is 9.70. The van der Waals surface area contributed by atoms with Crippen molar-refractivity contribution < 1.29 is 0 Å². The summed E-state index contributed by atoms with van der Waals surface area (Å²) < 4.78 is 0. The van der Waals surface area contributed by atoms with E-state index in [1.54, 1.807) is 0 Å². The third-order valence-electron chi connectivity index (χ3n) is 15.7. The van der Waals surface area contributed by atoms with Crippen LogP contribution in [0, 0.1) is 5.92 Å². The Morgan fingerprint density at radius 2 is 0.731 bits per heavy atom. The van der Waals surface area contributed by atoms with Crippen LogP contribution in [0.25, 0.3) is 22.3 Å². The molecule has 0 fully saturated rings. The molecule has 78 heavy (non-hydrogen) atoms. The van der Waals surface area contributed by atoms with Gasteiger partial charge in [0.05, 0.1) is 5.41 Å². The van der Waals surface area contributed by atoms with Crippen LogP contribution in [0.15, 0.2) is 316 Å². The second-order valence-corrected chi connectivity index (χ2v) is 20.2. The van der Waals surface area contributed by atoms with Crippen molar-refractivity contribution in [2.75, 3.05) is 19.6 Å². The predicted molar refractivity (Wildman–Crippen MR) is 329 cm³/mol. The highest BCUT2D eigenvalue weighted by Crippen LogP contribution is 2.65. The van der Waals surface area contributed by atoms with Crippen molar-refractivity contribution in [2.45, 2.75) is 18.8 Å². The van der Waals surface area contributed by atoms with Gasteiger partial charge < -0.3 is 19.6 Å². The summed E-state index contributed by atoms with van der Waals surface area (Å²) in [5.74, 6) is 0.297. The van der Waals surface area contributed by atoms with Gasteiger partial charge in [0.2, 0.25) is 0 Å². The van der Waals surface area contributed by atoms with Crippen molar-refractivity contribution in [3.05, 3.63) is 338 Å². The maximum Gasteiger partial charge on any atom is 0.0728 e. The zero-order chi connectivity index (χ0) is 52.6. The summed E-state index contributed by atoms with van der Waals surface area (Å²) in [6.07, 6.45) is 13.6. The molecule has 3 aliphatic carbocycles. The van der Waals surface area contributed by atoms with Gasteiger partial charge in [0.25, 0.3) is 0 Å². The molecule has 0 saturated heterocycles. The molecule has 1 unspecified atom stereocenters. The van der Waals surface area contributed by atoms with Gasteiger partial charge >= 0.3 is 0 Å². The molecule has 0 aliphatic heterocycles. The Labute approximate surface area is 459 Å². The summed E-state index contributed by atoms with van der Waals surface area (Å²) in [5, 5.41) is 0. The third kappa shape index (κ3) is 8.09. The second kappa shape index (κ2) is 20.3. The SMILES string of the molecule is C=CC=C(C=C)N(c1ccccc1)c1ccc2c(c1)C1(c3cc(N(C4=CC=CCC4C)c4ccccc4)ccc3-2)c2cc(N(c3ccccc3)c3ccccc3)ccc2-c2ccc(N(c3ccccc3)c3ccccc3)cc21. The Hall–Kier alpha value is -9.90. The summed E-state index contributed by atoms with van der Waals surface area (Å²) in [7, 11) is 0. The van der Waals surface area contributed by atoms with Crippen LogP contribution < -0.4 is 19.6 Å². The maximum atomic E-state index is 4.35. The second-order valence-electron chi connectivity index (χ2n) is 20.2. The van der Waals surface area contributed by atoms with Crippen molar-refractivity contribution in [3.63, 3.8) is 0 Å². The van der Waals surface area contributed by atoms with Crippen LogP contribution in [0.2, 0.25) is 0 Å². The molecule has 1 atom stereocenters. The highest BCUT2D eigenvalue weighted by molar-refractivity contribution is 5.99. The summed E-state index contributed by atoms with van der Waals surface area (Å²) in [6.45, 7) is 10.9. The van der Waals surface area contributed by atoms with E-state index in [1.807, 2.05) is 18.2 Å². The molecule has 0 radical (unpaired) electrons. The van der Waals surface area contributed by atoms with Crippen molar-refractivity contribution in [1.29, 1.82) is 0 Å². The first-order valence-corrected chi connectivity index (χ1v) is 27.0. The van der Waals surface area contributed by atoms with Crippen molar-refractivity contribution in [2.24, 2.45) is 5.92 Å². The first kappa shape index (κ1) is 47.8. The molecule has 13 rings (SSSR count). The fourth-order valence-electron chi connectivity index (χ4n) is 12.4. The average Bonchev–Trinajstić information content (AvgIpc) is 3.50. The van der Waals surface area contributed by atoms with E-state index < -0.39 is 5.41 Å². The number of hydrogen-bond acceptors (Lipinski definition) is 4. The van der Waals surface area contributed by atoms with E-state index in [0.29, 0.717) is 5.92 Å². The first-order chi connectivity index (χ1) is 38.5. The average molecular weight is 1000 g/mol. The monoisotopic (exact) mass is 1000 g/mol. The summed E-state index contributed by atoms with van der Waals surface area (Å²) in [5.41, 5.74) is 21.8.